The molecule has 0 saturated carbocycles. The van der Waals surface area contributed by atoms with Gasteiger partial charge in [0.05, 0.1) is 12.5 Å². The number of rotatable bonds is 12. The lowest BCUT2D eigenvalue weighted by molar-refractivity contribution is -0.149. The zero-order chi connectivity index (χ0) is 16.9. The summed E-state index contributed by atoms with van der Waals surface area (Å²) in [6.45, 7) is 2.50. The van der Waals surface area contributed by atoms with Crippen molar-refractivity contribution >= 4 is 11.9 Å². The molecule has 1 aromatic rings. The summed E-state index contributed by atoms with van der Waals surface area (Å²) in [4.78, 5) is 22.6. The second-order valence-electron chi connectivity index (χ2n) is 5.88. The summed E-state index contributed by atoms with van der Waals surface area (Å²) in [6.07, 6.45) is 5.75. The Morgan fingerprint density at radius 3 is 2.48 bits per heavy atom. The number of unbranched alkanes of at least 4 members (excludes halogenated alkanes) is 1. The molecule has 4 nitrogen and oxygen atoms in total. The fraction of sp³-hybridized carbons (Fsp3) is 0.579. The van der Waals surface area contributed by atoms with Gasteiger partial charge in [-0.15, -0.1) is 0 Å². The fourth-order valence-corrected chi connectivity index (χ4v) is 2.61. The lowest BCUT2D eigenvalue weighted by atomic mass is 9.96. The lowest BCUT2D eigenvalue weighted by Crippen LogP contribution is -2.18. The Hall–Kier alpha value is -1.84. The smallest absolute Gasteiger partial charge is 0.308 e. The van der Waals surface area contributed by atoms with Crippen molar-refractivity contribution in [3.63, 3.8) is 0 Å². The number of hydrogen-bond acceptors (Lipinski definition) is 3. The van der Waals surface area contributed by atoms with E-state index in [-0.39, 0.29) is 18.3 Å². The first kappa shape index (κ1) is 19.2. The molecule has 0 spiro atoms. The molecule has 0 fully saturated rings. The van der Waals surface area contributed by atoms with Crippen molar-refractivity contribution < 1.29 is 19.4 Å². The van der Waals surface area contributed by atoms with Gasteiger partial charge in [0.2, 0.25) is 0 Å². The van der Waals surface area contributed by atoms with Gasteiger partial charge >= 0.3 is 11.9 Å². The van der Waals surface area contributed by atoms with Crippen LogP contribution in [0, 0.1) is 5.92 Å². The van der Waals surface area contributed by atoms with E-state index in [0.29, 0.717) is 13.0 Å². The van der Waals surface area contributed by atoms with Crippen molar-refractivity contribution in [3.8, 4) is 0 Å². The average molecular weight is 320 g/mol. The number of carbonyl (C=O) groups is 2. The van der Waals surface area contributed by atoms with E-state index in [4.69, 9.17) is 9.84 Å². The van der Waals surface area contributed by atoms with E-state index in [2.05, 4.69) is 12.1 Å². The number of ether oxygens (including phenoxy) is 1. The summed E-state index contributed by atoms with van der Waals surface area (Å²) in [6, 6.07) is 10.2. The number of hydrogen-bond donors (Lipinski definition) is 1. The zero-order valence-electron chi connectivity index (χ0n) is 14.0. The number of carbonyl (C=O) groups excluding carboxylic acids is 1. The third-order valence-corrected chi connectivity index (χ3v) is 3.86. The van der Waals surface area contributed by atoms with Crippen molar-refractivity contribution in [2.24, 2.45) is 5.92 Å². The van der Waals surface area contributed by atoms with E-state index in [9.17, 15) is 9.59 Å². The molecule has 0 saturated heterocycles. The normalized spacial score (nSPS) is 11.9. The number of esters is 1. The van der Waals surface area contributed by atoms with Crippen LogP contribution >= 0.6 is 0 Å². The van der Waals surface area contributed by atoms with Gasteiger partial charge in [-0.2, -0.15) is 0 Å². The molecule has 1 atom stereocenters. The maximum Gasteiger partial charge on any atom is 0.308 e. The molecule has 0 aromatic heterocycles. The van der Waals surface area contributed by atoms with Gasteiger partial charge in [0, 0.05) is 6.42 Å². The summed E-state index contributed by atoms with van der Waals surface area (Å²) in [5.74, 6) is -0.999. The molecular weight excluding hydrogens is 292 g/mol. The van der Waals surface area contributed by atoms with E-state index in [1.54, 1.807) is 0 Å². The molecule has 0 aliphatic heterocycles. The van der Waals surface area contributed by atoms with E-state index in [1.807, 2.05) is 25.1 Å². The first-order valence-electron chi connectivity index (χ1n) is 8.55. The second kappa shape index (κ2) is 11.7. The van der Waals surface area contributed by atoms with Crippen molar-refractivity contribution in [2.45, 2.75) is 58.3 Å². The SMILES string of the molecule is CCCC(CCCCC(=O)O)C(=O)OCCCc1ccccc1. The molecule has 1 rings (SSSR count). The molecule has 1 N–H and O–H groups in total. The molecule has 23 heavy (non-hydrogen) atoms. The van der Waals surface area contributed by atoms with Crippen LogP contribution in [0.1, 0.15) is 57.4 Å². The summed E-state index contributed by atoms with van der Waals surface area (Å²) in [5, 5.41) is 8.64. The highest BCUT2D eigenvalue weighted by Crippen LogP contribution is 2.18. The summed E-state index contributed by atoms with van der Waals surface area (Å²) >= 11 is 0. The van der Waals surface area contributed by atoms with E-state index in [0.717, 1.165) is 38.5 Å². The summed E-state index contributed by atoms with van der Waals surface area (Å²) in [5.41, 5.74) is 1.25. The molecule has 128 valence electrons. The highest BCUT2D eigenvalue weighted by molar-refractivity contribution is 5.72. The van der Waals surface area contributed by atoms with Gasteiger partial charge < -0.3 is 9.84 Å². The van der Waals surface area contributed by atoms with Crippen LogP contribution in [0.15, 0.2) is 30.3 Å². The molecule has 1 unspecified atom stereocenters. The zero-order valence-corrected chi connectivity index (χ0v) is 14.0. The van der Waals surface area contributed by atoms with Crippen molar-refractivity contribution in [1.82, 2.24) is 0 Å². The monoisotopic (exact) mass is 320 g/mol. The molecule has 0 bridgehead atoms. The van der Waals surface area contributed by atoms with Gasteiger partial charge in [-0.25, -0.2) is 0 Å². The molecular formula is C19H28O4. The number of aliphatic carboxylic acids is 1. The van der Waals surface area contributed by atoms with Crippen LogP contribution in [0.25, 0.3) is 0 Å². The third kappa shape index (κ3) is 9.01. The Morgan fingerprint density at radius 1 is 1.09 bits per heavy atom. The molecule has 1 aromatic carbocycles. The van der Waals surface area contributed by atoms with Gasteiger partial charge in [-0.05, 0) is 37.7 Å². The van der Waals surface area contributed by atoms with Gasteiger partial charge in [-0.1, -0.05) is 50.1 Å². The van der Waals surface area contributed by atoms with Crippen LogP contribution in [0.3, 0.4) is 0 Å². The predicted molar refractivity (Wildman–Crippen MR) is 90.2 cm³/mol. The van der Waals surface area contributed by atoms with Crippen LogP contribution in [-0.4, -0.2) is 23.7 Å². The van der Waals surface area contributed by atoms with Crippen molar-refractivity contribution in [1.29, 1.82) is 0 Å². The largest absolute Gasteiger partial charge is 0.481 e. The van der Waals surface area contributed by atoms with Crippen LogP contribution in [0.2, 0.25) is 0 Å². The van der Waals surface area contributed by atoms with Crippen LogP contribution in [0.4, 0.5) is 0 Å². The van der Waals surface area contributed by atoms with Crippen LogP contribution < -0.4 is 0 Å². The predicted octanol–water partition coefficient (Wildman–Crippen LogP) is 4.22. The highest BCUT2D eigenvalue weighted by Gasteiger charge is 2.18. The first-order chi connectivity index (χ1) is 11.1. The van der Waals surface area contributed by atoms with Crippen molar-refractivity contribution in [2.75, 3.05) is 6.61 Å². The molecule has 0 aliphatic carbocycles. The van der Waals surface area contributed by atoms with E-state index >= 15 is 0 Å². The van der Waals surface area contributed by atoms with Crippen LogP contribution in [0.5, 0.6) is 0 Å². The van der Waals surface area contributed by atoms with Crippen molar-refractivity contribution in [3.05, 3.63) is 35.9 Å². The highest BCUT2D eigenvalue weighted by atomic mass is 16.5. The number of carboxylic acids is 1. The summed E-state index contributed by atoms with van der Waals surface area (Å²) < 4.78 is 5.40. The average Bonchev–Trinajstić information content (AvgIpc) is 2.55. The molecule has 0 aliphatic rings. The Kier molecular flexibility index (Phi) is 9.76. The minimum Gasteiger partial charge on any atom is -0.481 e. The second-order valence-corrected chi connectivity index (χ2v) is 5.88. The quantitative estimate of drug-likeness (QED) is 0.462. The minimum absolute atomic E-state index is 0.0921. The van der Waals surface area contributed by atoms with Gasteiger partial charge in [0.25, 0.3) is 0 Å². The van der Waals surface area contributed by atoms with Crippen LogP contribution in [-0.2, 0) is 20.7 Å². The Labute approximate surface area is 138 Å². The maximum atomic E-state index is 12.1. The number of benzene rings is 1. The number of carboxylic acid groups (broad SMARTS) is 1. The Balaban J connectivity index is 2.23. The topological polar surface area (TPSA) is 63.6 Å². The lowest BCUT2D eigenvalue weighted by Gasteiger charge is -2.15. The Bertz CT molecular complexity index is 456. The molecule has 0 radical (unpaired) electrons. The van der Waals surface area contributed by atoms with E-state index < -0.39 is 5.97 Å². The standard InChI is InChI=1S/C19H28O4/c1-2-9-17(13-6-7-14-18(20)21)19(22)23-15-8-12-16-10-4-3-5-11-16/h3-5,10-11,17H,2,6-9,12-15H2,1H3,(H,20,21). The van der Waals surface area contributed by atoms with Gasteiger partial charge in [0.1, 0.15) is 0 Å². The molecule has 0 amide bonds. The first-order valence-corrected chi connectivity index (χ1v) is 8.55. The summed E-state index contributed by atoms with van der Waals surface area (Å²) in [7, 11) is 0. The minimum atomic E-state index is -0.777. The third-order valence-electron chi connectivity index (χ3n) is 3.86. The van der Waals surface area contributed by atoms with E-state index in [1.165, 1.54) is 5.56 Å². The fourth-order valence-electron chi connectivity index (χ4n) is 2.61. The molecule has 0 heterocycles. The van der Waals surface area contributed by atoms with Gasteiger partial charge in [-0.3, -0.25) is 9.59 Å². The van der Waals surface area contributed by atoms with Gasteiger partial charge in [0.15, 0.2) is 0 Å². The number of aryl methyl sites for hydroxylation is 1. The molecule has 4 heteroatoms. The Morgan fingerprint density at radius 2 is 1.83 bits per heavy atom. The maximum absolute atomic E-state index is 12.1.